The summed E-state index contributed by atoms with van der Waals surface area (Å²) < 4.78 is 5.32. The van der Waals surface area contributed by atoms with Gasteiger partial charge >= 0.3 is 0 Å². The summed E-state index contributed by atoms with van der Waals surface area (Å²) in [6.45, 7) is 2.53. The van der Waals surface area contributed by atoms with E-state index < -0.39 is 34.1 Å². The van der Waals surface area contributed by atoms with Crippen molar-refractivity contribution in [1.82, 2.24) is 4.90 Å². The summed E-state index contributed by atoms with van der Waals surface area (Å²) in [5.74, 6) is -2.69. The number of aryl methyl sites for hydroxylation is 1. The van der Waals surface area contributed by atoms with E-state index in [1.165, 1.54) is 25.3 Å². The van der Waals surface area contributed by atoms with Crippen molar-refractivity contribution in [3.63, 3.8) is 0 Å². The van der Waals surface area contributed by atoms with Crippen molar-refractivity contribution < 1.29 is 24.0 Å². The number of nitro benzene ring substituents is 1. The molecule has 4 heterocycles. The first-order valence-corrected chi connectivity index (χ1v) is 11.2. The predicted octanol–water partition coefficient (Wildman–Crippen LogP) is 2.34. The largest absolute Gasteiger partial charge is 0.494 e. The van der Waals surface area contributed by atoms with Crippen LogP contribution in [0.15, 0.2) is 36.4 Å². The van der Waals surface area contributed by atoms with E-state index in [4.69, 9.17) is 4.74 Å². The lowest BCUT2D eigenvalue weighted by Gasteiger charge is -2.36. The Morgan fingerprint density at radius 1 is 1.18 bits per heavy atom. The van der Waals surface area contributed by atoms with Gasteiger partial charge in [0.25, 0.3) is 5.69 Å². The topological polar surface area (TPSA) is 122 Å². The Morgan fingerprint density at radius 2 is 1.97 bits per heavy atom. The van der Waals surface area contributed by atoms with E-state index in [-0.39, 0.29) is 29.1 Å². The van der Waals surface area contributed by atoms with E-state index in [1.54, 1.807) is 0 Å². The van der Waals surface area contributed by atoms with E-state index in [2.05, 4.69) is 10.2 Å². The number of hydrogen-bond donors (Lipinski definition) is 1. The van der Waals surface area contributed by atoms with Gasteiger partial charge in [-0.2, -0.15) is 0 Å². The molecule has 34 heavy (non-hydrogen) atoms. The maximum Gasteiger partial charge on any atom is 0.273 e. The Hall–Kier alpha value is -3.79. The number of fused-ring (bicyclic) bond motifs is 7. The number of rotatable bonds is 3. The van der Waals surface area contributed by atoms with Crippen molar-refractivity contribution in [3.05, 3.63) is 57.6 Å². The maximum absolute atomic E-state index is 14.0. The van der Waals surface area contributed by atoms with Gasteiger partial charge in [-0.3, -0.25) is 29.4 Å². The summed E-state index contributed by atoms with van der Waals surface area (Å²) in [6, 6.07) is 9.19. The molecule has 0 aromatic heterocycles. The molecule has 1 N–H and O–H groups in total. The van der Waals surface area contributed by atoms with Gasteiger partial charge in [-0.25, -0.2) is 4.90 Å². The van der Waals surface area contributed by atoms with Crippen LogP contribution in [0.5, 0.6) is 5.75 Å². The zero-order valence-electron chi connectivity index (χ0n) is 18.6. The van der Waals surface area contributed by atoms with Crippen molar-refractivity contribution >= 4 is 34.8 Å². The minimum atomic E-state index is -1.26. The van der Waals surface area contributed by atoms with E-state index in [1.807, 2.05) is 25.1 Å². The molecular weight excluding hydrogens is 440 g/mol. The lowest BCUT2D eigenvalue weighted by Crippen LogP contribution is -2.54. The third-order valence-corrected chi connectivity index (χ3v) is 7.85. The molecule has 10 heteroatoms. The van der Waals surface area contributed by atoms with Gasteiger partial charge in [-0.15, -0.1) is 0 Å². The number of anilines is 2. The van der Waals surface area contributed by atoms with Crippen LogP contribution in [-0.2, 0) is 19.9 Å². The van der Waals surface area contributed by atoms with E-state index in [0.717, 1.165) is 22.4 Å². The van der Waals surface area contributed by atoms with Crippen molar-refractivity contribution in [2.45, 2.75) is 31.3 Å². The molecular formula is C24H22N4O6. The van der Waals surface area contributed by atoms with Gasteiger partial charge in [-0.1, -0.05) is 18.2 Å². The quantitative estimate of drug-likeness (QED) is 0.422. The highest BCUT2D eigenvalue weighted by Crippen LogP contribution is 2.61. The Balaban J connectivity index is 1.53. The molecule has 2 aromatic rings. The average Bonchev–Trinajstić information content (AvgIpc) is 3.52. The number of ether oxygens (including phenoxy) is 1. The second-order valence-electron chi connectivity index (χ2n) is 9.25. The lowest BCUT2D eigenvalue weighted by atomic mass is 9.75. The third kappa shape index (κ3) is 2.30. The Labute approximate surface area is 194 Å². The summed E-state index contributed by atoms with van der Waals surface area (Å²) in [5.41, 5.74) is 1.01. The Kier molecular flexibility index (Phi) is 4.20. The van der Waals surface area contributed by atoms with Crippen molar-refractivity contribution in [2.24, 2.45) is 11.8 Å². The molecule has 0 unspecified atom stereocenters. The normalized spacial score (nSPS) is 29.4. The zero-order chi connectivity index (χ0) is 23.9. The Bertz CT molecular complexity index is 1310. The number of carbonyl (C=O) groups excluding carboxylic acids is 3. The van der Waals surface area contributed by atoms with Crippen LogP contribution in [0.25, 0.3) is 0 Å². The summed E-state index contributed by atoms with van der Waals surface area (Å²) in [7, 11) is 1.33. The molecule has 1 spiro atoms. The second-order valence-corrected chi connectivity index (χ2v) is 9.25. The number of amides is 3. The molecule has 0 saturated carbocycles. The lowest BCUT2D eigenvalue weighted by molar-refractivity contribution is -0.384. The number of imide groups is 1. The number of methoxy groups -OCH3 is 1. The van der Waals surface area contributed by atoms with Crippen LogP contribution in [0, 0.1) is 28.9 Å². The van der Waals surface area contributed by atoms with Gasteiger partial charge in [-0.05, 0) is 37.9 Å². The molecule has 4 aliphatic rings. The fraction of sp³-hybridized carbons (Fsp3) is 0.375. The molecule has 2 aromatic carbocycles. The van der Waals surface area contributed by atoms with E-state index in [9.17, 15) is 24.5 Å². The summed E-state index contributed by atoms with van der Waals surface area (Å²) in [4.78, 5) is 55.3. The second kappa shape index (κ2) is 6.86. The molecule has 0 radical (unpaired) electrons. The summed E-state index contributed by atoms with van der Waals surface area (Å²) >= 11 is 0. The predicted molar refractivity (Wildman–Crippen MR) is 120 cm³/mol. The summed E-state index contributed by atoms with van der Waals surface area (Å²) in [6.07, 6.45) is 1.54. The number of nitrogens with one attached hydrogen (secondary N) is 1. The van der Waals surface area contributed by atoms with Crippen molar-refractivity contribution in [1.29, 1.82) is 0 Å². The van der Waals surface area contributed by atoms with Crippen molar-refractivity contribution in [3.8, 4) is 5.75 Å². The Morgan fingerprint density at radius 3 is 2.71 bits per heavy atom. The smallest absolute Gasteiger partial charge is 0.273 e. The minimum Gasteiger partial charge on any atom is -0.494 e. The van der Waals surface area contributed by atoms with Crippen LogP contribution in [-0.4, -0.2) is 47.2 Å². The van der Waals surface area contributed by atoms with Crippen LogP contribution >= 0.6 is 0 Å². The van der Waals surface area contributed by atoms with Crippen LogP contribution in [0.4, 0.5) is 17.1 Å². The molecule has 4 atom stereocenters. The standard InChI is InChI=1S/C24H22N4O6/c1-12-5-3-6-14-20(12)25-23(31)24(14)19-18(16-7-4-10-26(16)24)21(29)27(22(19)30)15-9-8-13(28(32)33)11-17(15)34-2/h3,5-6,8-9,11,16,18-19H,4,7,10H2,1-2H3,(H,25,31)/t16-,18+,19-,24-/m0/s1. The van der Waals surface area contributed by atoms with Gasteiger partial charge in [0.15, 0.2) is 0 Å². The molecule has 6 rings (SSSR count). The molecule has 0 aliphatic carbocycles. The number of hydrogen-bond acceptors (Lipinski definition) is 7. The van der Waals surface area contributed by atoms with Gasteiger partial charge in [0.1, 0.15) is 11.3 Å². The van der Waals surface area contributed by atoms with Crippen LogP contribution in [0.2, 0.25) is 0 Å². The molecule has 4 aliphatic heterocycles. The van der Waals surface area contributed by atoms with E-state index >= 15 is 0 Å². The SMILES string of the molecule is COc1cc([N+](=O)[O-])ccc1N1C(=O)[C@H]2[C@@H](C1=O)[C@@]1(C(=O)Nc3c(C)cccc31)N1CCC[C@@H]21. The van der Waals surface area contributed by atoms with Crippen LogP contribution in [0.1, 0.15) is 24.0 Å². The highest BCUT2D eigenvalue weighted by Gasteiger charge is 2.74. The monoisotopic (exact) mass is 462 g/mol. The van der Waals surface area contributed by atoms with Gasteiger partial charge in [0.2, 0.25) is 17.7 Å². The maximum atomic E-state index is 14.0. The molecule has 174 valence electrons. The van der Waals surface area contributed by atoms with Crippen LogP contribution in [0.3, 0.4) is 0 Å². The van der Waals surface area contributed by atoms with Gasteiger partial charge < -0.3 is 10.1 Å². The first-order valence-electron chi connectivity index (χ1n) is 11.2. The third-order valence-electron chi connectivity index (χ3n) is 7.85. The number of para-hydroxylation sites is 1. The van der Waals surface area contributed by atoms with Gasteiger partial charge in [0.05, 0.1) is 35.6 Å². The minimum absolute atomic E-state index is 0.0559. The number of nitro groups is 1. The molecule has 0 bridgehead atoms. The molecule has 3 amide bonds. The fourth-order valence-electron chi connectivity index (χ4n) is 6.58. The first kappa shape index (κ1) is 20.8. The average molecular weight is 462 g/mol. The van der Waals surface area contributed by atoms with Crippen LogP contribution < -0.4 is 15.0 Å². The van der Waals surface area contributed by atoms with Crippen molar-refractivity contribution in [2.75, 3.05) is 23.9 Å². The number of non-ortho nitro benzene ring substituents is 1. The highest BCUT2D eigenvalue weighted by atomic mass is 16.6. The number of carbonyl (C=O) groups is 3. The van der Waals surface area contributed by atoms with E-state index in [0.29, 0.717) is 18.7 Å². The number of nitrogens with zero attached hydrogens (tertiary/aromatic N) is 3. The molecule has 3 fully saturated rings. The summed E-state index contributed by atoms with van der Waals surface area (Å²) in [5, 5.41) is 14.2. The zero-order valence-corrected chi connectivity index (χ0v) is 18.6. The highest BCUT2D eigenvalue weighted by molar-refractivity contribution is 6.26. The number of benzene rings is 2. The fourth-order valence-corrected chi connectivity index (χ4v) is 6.58. The van der Waals surface area contributed by atoms with Gasteiger partial charge in [0, 0.05) is 23.4 Å². The first-order chi connectivity index (χ1) is 16.3. The molecule has 3 saturated heterocycles. The molecule has 10 nitrogen and oxygen atoms in total.